The Kier molecular flexibility index (Phi) is 4.73. The fourth-order valence-electron chi connectivity index (χ4n) is 0.967. The van der Waals surface area contributed by atoms with Crippen molar-refractivity contribution < 1.29 is 0 Å². The number of rotatable bonds is 4. The first kappa shape index (κ1) is 11.0. The summed E-state index contributed by atoms with van der Waals surface area (Å²) in [5.74, 6) is 0. The van der Waals surface area contributed by atoms with Crippen molar-refractivity contribution in [3.63, 3.8) is 0 Å². The highest BCUT2D eigenvalue weighted by molar-refractivity contribution is 5.74. The van der Waals surface area contributed by atoms with Crippen molar-refractivity contribution in [2.45, 2.75) is 6.92 Å². The summed E-state index contributed by atoms with van der Waals surface area (Å²) in [6.45, 7) is 1.96. The van der Waals surface area contributed by atoms with E-state index in [0.29, 0.717) is 5.69 Å². The van der Waals surface area contributed by atoms with Gasteiger partial charge in [0.05, 0.1) is 11.4 Å². The molecule has 0 spiro atoms. The second-order valence-electron chi connectivity index (χ2n) is 2.82. The normalized spacial score (nSPS) is 11.8. The van der Waals surface area contributed by atoms with Crippen LogP contribution in [0, 0.1) is 5.53 Å². The Morgan fingerprint density at radius 2 is 1.67 bits per heavy atom. The molecule has 0 fully saturated rings. The maximum Gasteiger partial charge on any atom is 0.0851 e. The third-order valence-electron chi connectivity index (χ3n) is 1.70. The van der Waals surface area contributed by atoms with Crippen LogP contribution in [0.15, 0.2) is 58.7 Å². The van der Waals surface area contributed by atoms with Crippen molar-refractivity contribution in [3.05, 3.63) is 48.6 Å². The van der Waals surface area contributed by atoms with Crippen molar-refractivity contribution in [1.29, 1.82) is 5.53 Å². The largest absolute Gasteiger partial charge is 0.257 e. The van der Waals surface area contributed by atoms with Crippen molar-refractivity contribution in [3.8, 4) is 0 Å². The predicted octanol–water partition coefficient (Wildman–Crippen LogP) is 4.18. The Morgan fingerprint density at radius 3 is 2.27 bits per heavy atom. The number of hydrogen-bond donors (Lipinski definition) is 1. The van der Waals surface area contributed by atoms with Gasteiger partial charge in [-0.2, -0.15) is 5.11 Å². The minimum atomic E-state index is 0.637. The van der Waals surface area contributed by atoms with Gasteiger partial charge in [0.1, 0.15) is 0 Å². The molecule has 0 radical (unpaired) electrons. The zero-order valence-corrected chi connectivity index (χ0v) is 8.59. The molecule has 0 heterocycles. The number of aliphatic imine (C=N–C) groups is 1. The summed E-state index contributed by atoms with van der Waals surface area (Å²) in [5.41, 5.74) is 8.29. The molecule has 15 heavy (non-hydrogen) atoms. The maximum absolute atomic E-state index is 6.80. The van der Waals surface area contributed by atoms with E-state index in [1.165, 1.54) is 0 Å². The van der Waals surface area contributed by atoms with Gasteiger partial charge in [-0.25, -0.2) is 5.53 Å². The summed E-state index contributed by atoms with van der Waals surface area (Å²) in [6, 6.07) is 7.17. The Balaban J connectivity index is 2.60. The molecule has 1 rings (SSSR count). The Labute approximate surface area is 89.4 Å². The van der Waals surface area contributed by atoms with Crippen LogP contribution in [0.3, 0.4) is 0 Å². The number of hydrogen-bond acceptors (Lipinski definition) is 3. The molecular formula is C12H13N3. The van der Waals surface area contributed by atoms with E-state index >= 15 is 0 Å². The molecule has 76 valence electrons. The van der Waals surface area contributed by atoms with Gasteiger partial charge < -0.3 is 0 Å². The van der Waals surface area contributed by atoms with Gasteiger partial charge in [-0.1, -0.05) is 18.2 Å². The minimum Gasteiger partial charge on any atom is -0.257 e. The molecule has 1 aromatic carbocycles. The highest BCUT2D eigenvalue weighted by Crippen LogP contribution is 2.17. The lowest BCUT2D eigenvalue weighted by Crippen LogP contribution is -1.66. The summed E-state index contributed by atoms with van der Waals surface area (Å²) in [4.78, 5) is 4.20. The first-order valence-electron chi connectivity index (χ1n) is 4.66. The van der Waals surface area contributed by atoms with Gasteiger partial charge in [0.15, 0.2) is 0 Å². The summed E-state index contributed by atoms with van der Waals surface area (Å²) in [5, 5.41) is 3.31. The van der Waals surface area contributed by atoms with Gasteiger partial charge >= 0.3 is 0 Å². The molecule has 0 aliphatic carbocycles. The molecule has 0 bridgehead atoms. The quantitative estimate of drug-likeness (QED) is 0.429. The fourth-order valence-corrected chi connectivity index (χ4v) is 0.967. The van der Waals surface area contributed by atoms with Gasteiger partial charge in [0.2, 0.25) is 0 Å². The first-order valence-corrected chi connectivity index (χ1v) is 4.66. The molecule has 0 unspecified atom stereocenters. The molecule has 0 saturated heterocycles. The highest BCUT2D eigenvalue weighted by Gasteiger charge is 1.88. The van der Waals surface area contributed by atoms with Crippen molar-refractivity contribution in [1.82, 2.24) is 0 Å². The fraction of sp³-hybridized carbons (Fsp3) is 0.0833. The van der Waals surface area contributed by atoms with Gasteiger partial charge in [-0.15, -0.1) is 0 Å². The molecule has 3 heteroatoms. The number of nitrogens with zero attached hydrogens (tertiary/aromatic N) is 2. The third-order valence-corrected chi connectivity index (χ3v) is 1.70. The van der Waals surface area contributed by atoms with E-state index in [4.69, 9.17) is 5.53 Å². The summed E-state index contributed by atoms with van der Waals surface area (Å²) >= 11 is 0. The maximum atomic E-state index is 6.80. The molecular weight excluding hydrogens is 186 g/mol. The molecule has 1 N–H and O–H groups in total. The van der Waals surface area contributed by atoms with E-state index in [2.05, 4.69) is 10.1 Å². The lowest BCUT2D eigenvalue weighted by Gasteiger charge is -1.92. The second-order valence-corrected chi connectivity index (χ2v) is 2.82. The van der Waals surface area contributed by atoms with E-state index in [1.54, 1.807) is 18.3 Å². The third kappa shape index (κ3) is 4.13. The van der Waals surface area contributed by atoms with Crippen LogP contribution in [-0.2, 0) is 0 Å². The van der Waals surface area contributed by atoms with Crippen LogP contribution < -0.4 is 0 Å². The van der Waals surface area contributed by atoms with E-state index in [1.807, 2.05) is 43.4 Å². The second kappa shape index (κ2) is 6.43. The molecule has 0 aromatic heterocycles. The van der Waals surface area contributed by atoms with Crippen LogP contribution >= 0.6 is 0 Å². The average molecular weight is 199 g/mol. The Bertz CT molecular complexity index is 386. The van der Waals surface area contributed by atoms with Crippen LogP contribution in [0.1, 0.15) is 6.92 Å². The molecule has 0 aliphatic heterocycles. The first-order chi connectivity index (χ1) is 7.36. The van der Waals surface area contributed by atoms with Crippen molar-refractivity contribution in [2.24, 2.45) is 10.1 Å². The molecule has 1 aromatic rings. The Morgan fingerprint density at radius 1 is 1.00 bits per heavy atom. The van der Waals surface area contributed by atoms with E-state index in [9.17, 15) is 0 Å². The molecule has 3 nitrogen and oxygen atoms in total. The summed E-state index contributed by atoms with van der Waals surface area (Å²) in [7, 11) is 0. The lowest BCUT2D eigenvalue weighted by molar-refractivity contribution is 1.15. The molecule has 0 saturated carbocycles. The highest BCUT2D eigenvalue weighted by atomic mass is 15.0. The van der Waals surface area contributed by atoms with E-state index in [0.717, 1.165) is 5.69 Å². The Hall–Kier alpha value is -2.03. The van der Waals surface area contributed by atoms with Gasteiger partial charge in [-0.3, -0.25) is 4.99 Å². The number of allylic oxidation sites excluding steroid dienone is 4. The van der Waals surface area contributed by atoms with Gasteiger partial charge in [0.25, 0.3) is 0 Å². The topological polar surface area (TPSA) is 48.6 Å². The van der Waals surface area contributed by atoms with Crippen LogP contribution in [0.5, 0.6) is 0 Å². The van der Waals surface area contributed by atoms with Crippen molar-refractivity contribution in [2.75, 3.05) is 0 Å². The summed E-state index contributed by atoms with van der Waals surface area (Å²) in [6.07, 6.45) is 9.40. The zero-order valence-electron chi connectivity index (χ0n) is 8.59. The van der Waals surface area contributed by atoms with Crippen LogP contribution in [-0.4, -0.2) is 6.21 Å². The molecule has 0 aliphatic rings. The lowest BCUT2D eigenvalue weighted by atomic mass is 10.3. The van der Waals surface area contributed by atoms with E-state index < -0.39 is 0 Å². The van der Waals surface area contributed by atoms with E-state index in [-0.39, 0.29) is 0 Å². The number of nitrogens with one attached hydrogen (secondary N) is 1. The van der Waals surface area contributed by atoms with Crippen LogP contribution in [0.2, 0.25) is 0 Å². The van der Waals surface area contributed by atoms with Crippen LogP contribution in [0.4, 0.5) is 11.4 Å². The van der Waals surface area contributed by atoms with Gasteiger partial charge in [-0.05, 0) is 37.3 Å². The SMILES string of the molecule is C/C=C\C=C/C=Nc1ccc(N=N)cc1. The zero-order chi connectivity index (χ0) is 10.9. The van der Waals surface area contributed by atoms with Gasteiger partial charge in [0, 0.05) is 6.21 Å². The number of benzene rings is 1. The smallest absolute Gasteiger partial charge is 0.0851 e. The monoisotopic (exact) mass is 199 g/mol. The standard InChI is InChI=1S/C12H13N3/c1-2-3-4-5-10-14-11-6-8-12(15-13)9-7-11/h2-10,13H,1H3/b3-2-,5-4-,14-10?,15-13?. The molecule has 0 amide bonds. The minimum absolute atomic E-state index is 0.637. The predicted molar refractivity (Wildman–Crippen MR) is 63.4 cm³/mol. The van der Waals surface area contributed by atoms with Crippen molar-refractivity contribution >= 4 is 17.6 Å². The molecule has 0 atom stereocenters. The average Bonchev–Trinajstić information content (AvgIpc) is 2.30. The van der Waals surface area contributed by atoms with Crippen LogP contribution in [0.25, 0.3) is 0 Å². The summed E-state index contributed by atoms with van der Waals surface area (Å²) < 4.78 is 0.